The summed E-state index contributed by atoms with van der Waals surface area (Å²) in [7, 11) is 0. The molecular formula is C14H16O. The van der Waals surface area contributed by atoms with Gasteiger partial charge in [-0.2, -0.15) is 0 Å². The van der Waals surface area contributed by atoms with Gasteiger partial charge in [0.05, 0.1) is 0 Å². The second-order valence-electron chi connectivity index (χ2n) is 4.03. The molecule has 1 heterocycles. The fourth-order valence-corrected chi connectivity index (χ4v) is 2.29. The van der Waals surface area contributed by atoms with E-state index in [4.69, 9.17) is 4.74 Å². The van der Waals surface area contributed by atoms with E-state index >= 15 is 0 Å². The number of rotatable bonds is 2. The van der Waals surface area contributed by atoms with Crippen molar-refractivity contribution in [2.75, 3.05) is 0 Å². The van der Waals surface area contributed by atoms with Crippen LogP contribution in [0, 0.1) is 13.8 Å². The summed E-state index contributed by atoms with van der Waals surface area (Å²) in [5, 5.41) is 0. The molecule has 0 bridgehead atoms. The zero-order chi connectivity index (χ0) is 11.0. The van der Waals surface area contributed by atoms with E-state index in [2.05, 4.69) is 39.1 Å². The molecule has 1 heteroatoms. The predicted molar refractivity (Wildman–Crippen MR) is 62.9 cm³/mol. The average Bonchev–Trinajstić information content (AvgIpc) is 2.55. The fraction of sp³-hybridized carbons (Fsp3) is 0.286. The Kier molecular flexibility index (Phi) is 2.49. The first kappa shape index (κ1) is 10.2. The summed E-state index contributed by atoms with van der Waals surface area (Å²) >= 11 is 0. The lowest BCUT2D eigenvalue weighted by Gasteiger charge is -2.08. The summed E-state index contributed by atoms with van der Waals surface area (Å²) in [5.74, 6) is 0. The van der Waals surface area contributed by atoms with E-state index in [9.17, 15) is 0 Å². The first-order valence-electron chi connectivity index (χ1n) is 5.19. The zero-order valence-electron chi connectivity index (χ0n) is 9.29. The van der Waals surface area contributed by atoms with Crippen LogP contribution in [-0.4, -0.2) is 0 Å². The van der Waals surface area contributed by atoms with Crippen LogP contribution in [0.5, 0.6) is 0 Å². The summed E-state index contributed by atoms with van der Waals surface area (Å²) in [5.41, 5.74) is 5.05. The van der Waals surface area contributed by atoms with E-state index in [1.165, 1.54) is 22.3 Å². The van der Waals surface area contributed by atoms with Crippen molar-refractivity contribution in [1.82, 2.24) is 0 Å². The van der Waals surface area contributed by atoms with Gasteiger partial charge in [-0.1, -0.05) is 29.8 Å². The highest BCUT2D eigenvalue weighted by Crippen LogP contribution is 2.42. The molecule has 0 amide bonds. The van der Waals surface area contributed by atoms with Crippen molar-refractivity contribution in [3.63, 3.8) is 0 Å². The van der Waals surface area contributed by atoms with Crippen molar-refractivity contribution >= 4 is 0 Å². The third-order valence-corrected chi connectivity index (χ3v) is 2.88. The van der Waals surface area contributed by atoms with E-state index in [-0.39, 0.29) is 12.2 Å². The van der Waals surface area contributed by atoms with Crippen LogP contribution in [-0.2, 0) is 4.74 Å². The molecule has 2 atom stereocenters. The highest BCUT2D eigenvalue weighted by Gasteiger charge is 2.29. The second-order valence-corrected chi connectivity index (χ2v) is 4.03. The molecule has 78 valence electrons. The minimum absolute atomic E-state index is 0.0154. The molecule has 0 aromatic heterocycles. The van der Waals surface area contributed by atoms with E-state index < -0.39 is 0 Å². The van der Waals surface area contributed by atoms with Gasteiger partial charge >= 0.3 is 0 Å². The lowest BCUT2D eigenvalue weighted by atomic mass is 9.94. The number of ether oxygens (including phenoxy) is 1. The van der Waals surface area contributed by atoms with Crippen LogP contribution in [0.4, 0.5) is 0 Å². The lowest BCUT2D eigenvalue weighted by molar-refractivity contribution is 0.0676. The third kappa shape index (κ3) is 1.53. The van der Waals surface area contributed by atoms with Crippen molar-refractivity contribution in [1.29, 1.82) is 0 Å². The van der Waals surface area contributed by atoms with E-state index in [0.717, 1.165) is 0 Å². The Bertz CT molecular complexity index is 418. The maximum atomic E-state index is 5.83. The van der Waals surface area contributed by atoms with Gasteiger partial charge < -0.3 is 4.74 Å². The van der Waals surface area contributed by atoms with Crippen LogP contribution >= 0.6 is 0 Å². The number of benzene rings is 1. The van der Waals surface area contributed by atoms with Crippen LogP contribution in [0.25, 0.3) is 0 Å². The molecule has 1 aromatic rings. The zero-order valence-corrected chi connectivity index (χ0v) is 9.29. The normalized spacial score (nSPS) is 23.6. The largest absolute Gasteiger partial charge is 0.357 e. The Hall–Kier alpha value is -1.34. The molecule has 0 spiro atoms. The lowest BCUT2D eigenvalue weighted by Crippen LogP contribution is -1.94. The van der Waals surface area contributed by atoms with Crippen LogP contribution in [0.3, 0.4) is 0 Å². The molecule has 2 rings (SSSR count). The van der Waals surface area contributed by atoms with Crippen LogP contribution in [0.1, 0.15) is 34.5 Å². The molecule has 1 aliphatic rings. The second kappa shape index (κ2) is 3.67. The predicted octanol–water partition coefficient (Wildman–Crippen LogP) is 3.79. The van der Waals surface area contributed by atoms with Gasteiger partial charge in [-0.15, -0.1) is 13.2 Å². The van der Waals surface area contributed by atoms with Crippen LogP contribution in [0.2, 0.25) is 0 Å². The fourth-order valence-electron chi connectivity index (χ4n) is 2.29. The Balaban J connectivity index is 2.62. The number of hydrogen-bond donors (Lipinski definition) is 0. The van der Waals surface area contributed by atoms with Crippen molar-refractivity contribution in [2.45, 2.75) is 26.1 Å². The number of fused-ring (bicyclic) bond motifs is 1. The smallest absolute Gasteiger partial charge is 0.102 e. The van der Waals surface area contributed by atoms with E-state index in [0.29, 0.717) is 0 Å². The van der Waals surface area contributed by atoms with Crippen molar-refractivity contribution in [3.05, 3.63) is 59.7 Å². The van der Waals surface area contributed by atoms with Gasteiger partial charge in [0.2, 0.25) is 0 Å². The first-order chi connectivity index (χ1) is 7.17. The molecule has 0 N–H and O–H groups in total. The van der Waals surface area contributed by atoms with Gasteiger partial charge in [0.15, 0.2) is 0 Å². The maximum absolute atomic E-state index is 5.83. The molecule has 0 radical (unpaired) electrons. The van der Waals surface area contributed by atoms with Gasteiger partial charge in [-0.05, 0) is 30.5 Å². The monoisotopic (exact) mass is 200 g/mol. The molecule has 0 saturated carbocycles. The molecule has 1 nitrogen and oxygen atoms in total. The minimum atomic E-state index is 0.0154. The van der Waals surface area contributed by atoms with Gasteiger partial charge in [0.25, 0.3) is 0 Å². The highest BCUT2D eigenvalue weighted by atomic mass is 16.5. The van der Waals surface area contributed by atoms with Crippen molar-refractivity contribution in [3.8, 4) is 0 Å². The minimum Gasteiger partial charge on any atom is -0.357 e. The SMILES string of the molecule is C=CC1OC(C=C)c2c(C)cc(C)cc21. The van der Waals surface area contributed by atoms with Crippen molar-refractivity contribution in [2.24, 2.45) is 0 Å². The molecule has 0 fully saturated rings. The summed E-state index contributed by atoms with van der Waals surface area (Å²) < 4.78 is 5.83. The Morgan fingerprint density at radius 2 is 1.80 bits per heavy atom. The topological polar surface area (TPSA) is 9.23 Å². The Morgan fingerprint density at radius 3 is 2.40 bits per heavy atom. The quantitative estimate of drug-likeness (QED) is 0.660. The van der Waals surface area contributed by atoms with E-state index in [1.807, 2.05) is 12.2 Å². The van der Waals surface area contributed by atoms with Crippen LogP contribution in [0.15, 0.2) is 37.4 Å². The standard InChI is InChI=1S/C14H16O/c1-5-12-11-8-9(3)7-10(4)14(11)13(6-2)15-12/h5-8,12-13H,1-2H2,3-4H3. The summed E-state index contributed by atoms with van der Waals surface area (Å²) in [6.07, 6.45) is 3.73. The number of aryl methyl sites for hydroxylation is 2. The van der Waals surface area contributed by atoms with Crippen LogP contribution < -0.4 is 0 Å². The summed E-state index contributed by atoms with van der Waals surface area (Å²) in [4.78, 5) is 0. The molecule has 2 unspecified atom stereocenters. The van der Waals surface area contributed by atoms with Gasteiger partial charge in [0, 0.05) is 0 Å². The maximum Gasteiger partial charge on any atom is 0.102 e. The average molecular weight is 200 g/mol. The molecular weight excluding hydrogens is 184 g/mol. The Labute approximate surface area is 91.1 Å². The number of hydrogen-bond acceptors (Lipinski definition) is 1. The summed E-state index contributed by atoms with van der Waals surface area (Å²) in [6, 6.07) is 4.36. The van der Waals surface area contributed by atoms with E-state index in [1.54, 1.807) is 0 Å². The molecule has 1 aromatic carbocycles. The summed E-state index contributed by atoms with van der Waals surface area (Å²) in [6.45, 7) is 11.9. The third-order valence-electron chi connectivity index (χ3n) is 2.88. The highest BCUT2D eigenvalue weighted by molar-refractivity contribution is 5.46. The molecule has 1 aliphatic heterocycles. The first-order valence-corrected chi connectivity index (χ1v) is 5.19. The molecule has 0 saturated heterocycles. The van der Waals surface area contributed by atoms with Gasteiger partial charge in [-0.3, -0.25) is 0 Å². The van der Waals surface area contributed by atoms with Gasteiger partial charge in [-0.25, -0.2) is 0 Å². The molecule has 0 aliphatic carbocycles. The Morgan fingerprint density at radius 1 is 1.13 bits per heavy atom. The van der Waals surface area contributed by atoms with Gasteiger partial charge in [0.1, 0.15) is 12.2 Å². The van der Waals surface area contributed by atoms with Crippen molar-refractivity contribution < 1.29 is 4.74 Å². The molecule has 15 heavy (non-hydrogen) atoms.